The SMILES string of the molecule is CC#CC(Cc1nnnn1CCC#N)c1ccc(OCc2cc(C)c3scc(Br)c3c2)cc1. The van der Waals surface area contributed by atoms with Crippen molar-refractivity contribution in [3.8, 4) is 23.7 Å². The number of benzene rings is 2. The van der Waals surface area contributed by atoms with Gasteiger partial charge in [-0.25, -0.2) is 4.68 Å². The lowest BCUT2D eigenvalue weighted by Crippen LogP contribution is -2.10. The van der Waals surface area contributed by atoms with Crippen LogP contribution in [-0.2, 0) is 19.6 Å². The predicted octanol–water partition coefficient (Wildman–Crippen LogP) is 5.80. The summed E-state index contributed by atoms with van der Waals surface area (Å²) in [7, 11) is 0. The first-order valence-electron chi connectivity index (χ1n) is 10.5. The topological polar surface area (TPSA) is 76.6 Å². The molecule has 8 heteroatoms. The number of fused-ring (bicyclic) bond motifs is 1. The molecule has 0 bridgehead atoms. The highest BCUT2D eigenvalue weighted by atomic mass is 79.9. The molecule has 4 rings (SSSR count). The van der Waals surface area contributed by atoms with E-state index in [-0.39, 0.29) is 5.92 Å². The zero-order valence-electron chi connectivity index (χ0n) is 18.4. The van der Waals surface area contributed by atoms with Crippen LogP contribution in [0.2, 0.25) is 0 Å². The van der Waals surface area contributed by atoms with E-state index in [1.54, 1.807) is 16.0 Å². The molecule has 1 unspecified atom stereocenters. The monoisotopic (exact) mass is 519 g/mol. The molecule has 0 spiro atoms. The lowest BCUT2D eigenvalue weighted by Gasteiger charge is -2.13. The van der Waals surface area contributed by atoms with Gasteiger partial charge in [0.15, 0.2) is 5.82 Å². The van der Waals surface area contributed by atoms with E-state index in [0.29, 0.717) is 26.0 Å². The fourth-order valence-corrected chi connectivity index (χ4v) is 5.32. The number of aryl methyl sites for hydroxylation is 2. The van der Waals surface area contributed by atoms with E-state index in [0.717, 1.165) is 27.2 Å². The van der Waals surface area contributed by atoms with Crippen LogP contribution in [0.25, 0.3) is 10.1 Å². The van der Waals surface area contributed by atoms with Crippen LogP contribution in [0.3, 0.4) is 0 Å². The summed E-state index contributed by atoms with van der Waals surface area (Å²) in [5.74, 6) is 7.76. The second-order valence-corrected chi connectivity index (χ2v) is 9.34. The summed E-state index contributed by atoms with van der Waals surface area (Å²) in [6.07, 6.45) is 0.943. The van der Waals surface area contributed by atoms with Crippen LogP contribution in [0.15, 0.2) is 46.3 Å². The van der Waals surface area contributed by atoms with Crippen LogP contribution >= 0.6 is 27.3 Å². The first-order chi connectivity index (χ1) is 16.1. The zero-order valence-corrected chi connectivity index (χ0v) is 20.8. The number of ether oxygens (including phenoxy) is 1. The van der Waals surface area contributed by atoms with Gasteiger partial charge >= 0.3 is 0 Å². The van der Waals surface area contributed by atoms with Gasteiger partial charge in [-0.2, -0.15) is 5.26 Å². The second kappa shape index (κ2) is 10.6. The molecule has 0 radical (unpaired) electrons. The Bertz CT molecular complexity index is 1360. The molecule has 0 N–H and O–H groups in total. The number of thiophene rings is 1. The van der Waals surface area contributed by atoms with Gasteiger partial charge in [-0.1, -0.05) is 24.1 Å². The number of nitrogens with zero attached hydrogens (tertiary/aromatic N) is 5. The van der Waals surface area contributed by atoms with Crippen molar-refractivity contribution in [1.29, 1.82) is 5.26 Å². The second-order valence-electron chi connectivity index (χ2n) is 7.61. The Balaban J connectivity index is 1.45. The molecular weight excluding hydrogens is 498 g/mol. The standard InChI is InChI=1S/C25H22BrN5OS/c1-3-5-20(14-24-28-29-30-31(24)11-4-10-27)19-6-8-21(9-7-19)32-15-18-12-17(2)25-22(13-18)23(26)16-33-25/h6-9,12-13,16,20H,4,11,14-15H2,1-2H3. The summed E-state index contributed by atoms with van der Waals surface area (Å²) >= 11 is 5.38. The Kier molecular flexibility index (Phi) is 7.39. The van der Waals surface area contributed by atoms with Gasteiger partial charge < -0.3 is 4.74 Å². The van der Waals surface area contributed by atoms with Crippen LogP contribution in [0.4, 0.5) is 0 Å². The van der Waals surface area contributed by atoms with E-state index in [4.69, 9.17) is 10.00 Å². The van der Waals surface area contributed by atoms with Gasteiger partial charge in [-0.3, -0.25) is 0 Å². The minimum Gasteiger partial charge on any atom is -0.489 e. The van der Waals surface area contributed by atoms with Gasteiger partial charge in [-0.15, -0.1) is 22.4 Å². The maximum atomic E-state index is 8.84. The maximum Gasteiger partial charge on any atom is 0.152 e. The number of nitriles is 1. The number of rotatable bonds is 8. The minimum absolute atomic E-state index is 0.0446. The highest BCUT2D eigenvalue weighted by Gasteiger charge is 2.15. The molecular formula is C25H22BrN5OS. The molecule has 0 aliphatic carbocycles. The average molecular weight is 520 g/mol. The van der Waals surface area contributed by atoms with Crippen molar-refractivity contribution in [2.45, 2.75) is 45.8 Å². The number of hydrogen-bond acceptors (Lipinski definition) is 6. The number of aromatic nitrogens is 4. The van der Waals surface area contributed by atoms with E-state index in [2.05, 4.69) is 73.8 Å². The summed E-state index contributed by atoms with van der Waals surface area (Å²) in [6, 6.07) is 14.5. The van der Waals surface area contributed by atoms with Crippen molar-refractivity contribution in [1.82, 2.24) is 20.2 Å². The predicted molar refractivity (Wildman–Crippen MR) is 133 cm³/mol. The van der Waals surface area contributed by atoms with Gasteiger partial charge in [-0.05, 0) is 75.1 Å². The lowest BCUT2D eigenvalue weighted by molar-refractivity contribution is 0.306. The molecule has 1 atom stereocenters. The molecule has 0 aliphatic rings. The normalized spacial score (nSPS) is 11.6. The molecule has 6 nitrogen and oxygen atoms in total. The molecule has 2 aromatic heterocycles. The third kappa shape index (κ3) is 5.42. The molecule has 2 heterocycles. The fourth-order valence-electron chi connectivity index (χ4n) is 3.71. The van der Waals surface area contributed by atoms with Gasteiger partial charge in [0.25, 0.3) is 0 Å². The summed E-state index contributed by atoms with van der Waals surface area (Å²) in [5, 5.41) is 24.1. The first-order valence-corrected chi connectivity index (χ1v) is 12.2. The largest absolute Gasteiger partial charge is 0.489 e. The third-order valence-electron chi connectivity index (χ3n) is 5.31. The molecule has 166 valence electrons. The van der Waals surface area contributed by atoms with E-state index in [1.165, 1.54) is 15.6 Å². The van der Waals surface area contributed by atoms with Crippen LogP contribution in [-0.4, -0.2) is 20.2 Å². The lowest BCUT2D eigenvalue weighted by atomic mass is 9.95. The molecule has 0 saturated heterocycles. The van der Waals surface area contributed by atoms with Gasteiger partial charge in [0.1, 0.15) is 12.4 Å². The molecule has 0 fully saturated rings. The van der Waals surface area contributed by atoms with Crippen molar-refractivity contribution in [3.63, 3.8) is 0 Å². The molecule has 4 aromatic rings. The van der Waals surface area contributed by atoms with Gasteiger partial charge in [0.05, 0.1) is 25.0 Å². The van der Waals surface area contributed by atoms with Crippen molar-refractivity contribution in [2.75, 3.05) is 0 Å². The van der Waals surface area contributed by atoms with Crippen molar-refractivity contribution in [2.24, 2.45) is 0 Å². The summed E-state index contributed by atoms with van der Waals surface area (Å²) < 4.78 is 10.2. The maximum absolute atomic E-state index is 8.84. The van der Waals surface area contributed by atoms with Crippen molar-refractivity contribution < 1.29 is 4.74 Å². The van der Waals surface area contributed by atoms with Crippen molar-refractivity contribution >= 4 is 37.4 Å². The Morgan fingerprint density at radius 3 is 2.82 bits per heavy atom. The Hall–Kier alpha value is -3.20. The van der Waals surface area contributed by atoms with Crippen LogP contribution in [0, 0.1) is 30.1 Å². The van der Waals surface area contributed by atoms with E-state index >= 15 is 0 Å². The van der Waals surface area contributed by atoms with E-state index in [1.807, 2.05) is 31.2 Å². The number of hydrogen-bond donors (Lipinski definition) is 0. The third-order valence-corrected chi connectivity index (χ3v) is 7.40. The molecule has 0 amide bonds. The van der Waals surface area contributed by atoms with Gasteiger partial charge in [0, 0.05) is 26.4 Å². The smallest absolute Gasteiger partial charge is 0.152 e. The quantitative estimate of drug-likeness (QED) is 0.275. The minimum atomic E-state index is -0.0446. The molecule has 33 heavy (non-hydrogen) atoms. The average Bonchev–Trinajstić information content (AvgIpc) is 3.43. The molecule has 0 saturated carbocycles. The zero-order chi connectivity index (χ0) is 23.2. The van der Waals surface area contributed by atoms with Crippen LogP contribution < -0.4 is 4.74 Å². The first kappa shape index (κ1) is 23.0. The summed E-state index contributed by atoms with van der Waals surface area (Å²) in [4.78, 5) is 0. The molecule has 2 aromatic carbocycles. The summed E-state index contributed by atoms with van der Waals surface area (Å²) in [6.45, 7) is 4.94. The number of halogens is 1. The highest BCUT2D eigenvalue weighted by molar-refractivity contribution is 9.10. The summed E-state index contributed by atoms with van der Waals surface area (Å²) in [5.41, 5.74) is 3.48. The van der Waals surface area contributed by atoms with E-state index in [9.17, 15) is 0 Å². The van der Waals surface area contributed by atoms with E-state index < -0.39 is 0 Å². The van der Waals surface area contributed by atoms with Crippen LogP contribution in [0.5, 0.6) is 5.75 Å². The number of tetrazole rings is 1. The Morgan fingerprint density at radius 2 is 2.06 bits per heavy atom. The highest BCUT2D eigenvalue weighted by Crippen LogP contribution is 2.34. The fraction of sp³-hybridized carbons (Fsp3) is 0.280. The Labute approximate surface area is 205 Å². The Morgan fingerprint density at radius 1 is 1.24 bits per heavy atom. The van der Waals surface area contributed by atoms with Crippen LogP contribution in [0.1, 0.15) is 41.8 Å². The van der Waals surface area contributed by atoms with Gasteiger partial charge in [0.2, 0.25) is 0 Å². The van der Waals surface area contributed by atoms with Crippen molar-refractivity contribution in [3.05, 3.63) is 68.8 Å². The molecule has 0 aliphatic heterocycles.